The van der Waals surface area contributed by atoms with Crippen molar-refractivity contribution in [2.75, 3.05) is 19.7 Å². The van der Waals surface area contributed by atoms with Gasteiger partial charge in [-0.2, -0.15) is 0 Å². The lowest BCUT2D eigenvalue weighted by Gasteiger charge is -2.15. The number of hydrogen-bond donors (Lipinski definition) is 2. The molecule has 44 heavy (non-hydrogen) atoms. The van der Waals surface area contributed by atoms with Crippen LogP contribution in [-0.4, -0.2) is 61.9 Å². The zero-order chi connectivity index (χ0) is 31.6. The maximum atomic E-state index is 12.8. The summed E-state index contributed by atoms with van der Waals surface area (Å²) in [7, 11) is -2.85. The Morgan fingerprint density at radius 1 is 1.07 bits per heavy atom. The summed E-state index contributed by atoms with van der Waals surface area (Å²) in [5.41, 5.74) is 0.854. The topological polar surface area (TPSA) is 169 Å². The molecule has 0 radical (unpaired) electrons. The van der Waals surface area contributed by atoms with Crippen LogP contribution in [0.2, 0.25) is 0 Å². The minimum atomic E-state index is -2.85. The first kappa shape index (κ1) is 34.8. The van der Waals surface area contributed by atoms with Gasteiger partial charge in [-0.25, -0.2) is 19.2 Å². The van der Waals surface area contributed by atoms with Crippen LogP contribution in [0.1, 0.15) is 74.4 Å². The molecular weight excluding hydrogens is 595 g/mol. The summed E-state index contributed by atoms with van der Waals surface area (Å²) >= 11 is 0. The van der Waals surface area contributed by atoms with Crippen LogP contribution in [-0.2, 0) is 44.0 Å². The molecule has 1 aliphatic heterocycles. The van der Waals surface area contributed by atoms with Crippen molar-refractivity contribution in [3.63, 3.8) is 0 Å². The van der Waals surface area contributed by atoms with E-state index in [1.165, 1.54) is 12.3 Å². The number of carbonyl (C=O) groups is 4. The van der Waals surface area contributed by atoms with E-state index in [0.29, 0.717) is 32.2 Å². The average Bonchev–Trinajstić information content (AvgIpc) is 3.77. The molecule has 4 atom stereocenters. The summed E-state index contributed by atoms with van der Waals surface area (Å²) in [6.45, 7) is 2.74. The van der Waals surface area contributed by atoms with Crippen molar-refractivity contribution in [3.05, 3.63) is 60.1 Å². The monoisotopic (exact) mass is 635 g/mol. The molecule has 3 rings (SSSR count). The maximum Gasteiger partial charge on any atom is 0.698 e. The minimum absolute atomic E-state index is 0.0234. The van der Waals surface area contributed by atoms with Gasteiger partial charge in [-0.05, 0) is 69.2 Å². The number of rotatable bonds is 19. The zero-order valence-corrected chi connectivity index (χ0v) is 25.7. The molecule has 0 spiro atoms. The van der Waals surface area contributed by atoms with E-state index in [-0.39, 0.29) is 31.9 Å². The van der Waals surface area contributed by atoms with E-state index in [2.05, 4.69) is 10.6 Å². The lowest BCUT2D eigenvalue weighted by molar-refractivity contribution is -0.166. The van der Waals surface area contributed by atoms with E-state index in [1.807, 2.05) is 37.3 Å². The summed E-state index contributed by atoms with van der Waals surface area (Å²) < 4.78 is 44.1. The fourth-order valence-corrected chi connectivity index (χ4v) is 4.99. The van der Waals surface area contributed by atoms with Crippen LogP contribution in [0.4, 0.5) is 4.79 Å². The second kappa shape index (κ2) is 19.6. The predicted octanol–water partition coefficient (Wildman–Crippen LogP) is 4.97. The van der Waals surface area contributed by atoms with Crippen LogP contribution in [0.3, 0.4) is 0 Å². The number of ether oxygens (including phenoxy) is 3. The number of esters is 3. The second-order valence-electron chi connectivity index (χ2n) is 10.1. The largest absolute Gasteiger partial charge is 0.698 e. The Morgan fingerprint density at radius 3 is 2.59 bits per heavy atom. The highest BCUT2D eigenvalue weighted by molar-refractivity contribution is 7.33. The maximum absolute atomic E-state index is 12.8. The van der Waals surface area contributed by atoms with Gasteiger partial charge >= 0.3 is 32.3 Å². The van der Waals surface area contributed by atoms with Gasteiger partial charge in [0.25, 0.3) is 0 Å². The molecule has 14 heteroatoms. The molecule has 240 valence electrons. The SMILES string of the molecule is CCCCC(CO[P+](=O)OC(CCCCNC(=O)OCc1ccccc1)C(=O)OC(=O)[C@@H]1CCCN1)OC(=O)c1ccco1. The van der Waals surface area contributed by atoms with Crippen molar-refractivity contribution >= 4 is 32.3 Å². The summed E-state index contributed by atoms with van der Waals surface area (Å²) in [6, 6.07) is 11.7. The normalized spacial score (nSPS) is 16.0. The molecule has 3 unspecified atom stereocenters. The number of carbonyl (C=O) groups excluding carboxylic acids is 4. The first-order chi connectivity index (χ1) is 21.4. The lowest BCUT2D eigenvalue weighted by atomic mass is 10.1. The quantitative estimate of drug-likeness (QED) is 0.0700. The van der Waals surface area contributed by atoms with E-state index >= 15 is 0 Å². The van der Waals surface area contributed by atoms with Crippen molar-refractivity contribution in [1.82, 2.24) is 10.6 Å². The van der Waals surface area contributed by atoms with Crippen LogP contribution in [0.15, 0.2) is 53.1 Å². The van der Waals surface area contributed by atoms with Gasteiger partial charge in [0.15, 0.2) is 0 Å². The molecule has 2 heterocycles. The molecule has 1 amide bonds. The molecule has 1 fully saturated rings. The van der Waals surface area contributed by atoms with E-state index < -0.39 is 50.5 Å². The van der Waals surface area contributed by atoms with Crippen LogP contribution in [0.5, 0.6) is 0 Å². The summed E-state index contributed by atoms with van der Waals surface area (Å²) in [6.07, 6.45) is 2.81. The molecular formula is C30H40N2O11P+. The molecule has 1 aromatic carbocycles. The Kier molecular flexibility index (Phi) is 15.5. The number of unbranched alkanes of at least 4 members (excludes halogenated alkanes) is 2. The van der Waals surface area contributed by atoms with E-state index in [9.17, 15) is 23.7 Å². The smallest absolute Gasteiger partial charge is 0.457 e. The first-order valence-corrected chi connectivity index (χ1v) is 15.9. The standard InChI is InChI=1S/C30H39N2O11P/c1-2-3-13-23(41-28(34)25-16-10-19-38-25)21-40-44(37)43-26(29(35)42-27(33)24-14-9-18-31-24)15-7-8-17-32-30(36)39-20-22-11-5-4-6-12-22/h4-6,10-12,16,19,23-24,26,31H,2-3,7-9,13-15,17-18,20-21H2,1H3/p+1/t23?,24-,26?/m0/s1. The first-order valence-electron chi connectivity index (χ1n) is 14.8. The van der Waals surface area contributed by atoms with Crippen LogP contribution in [0.25, 0.3) is 0 Å². The Morgan fingerprint density at radius 2 is 1.89 bits per heavy atom. The molecule has 1 aliphatic rings. The second-order valence-corrected chi connectivity index (χ2v) is 11.0. The van der Waals surface area contributed by atoms with Crippen molar-refractivity contribution in [3.8, 4) is 0 Å². The van der Waals surface area contributed by atoms with E-state index in [1.54, 1.807) is 6.07 Å². The highest BCUT2D eigenvalue weighted by atomic mass is 31.1. The highest BCUT2D eigenvalue weighted by Gasteiger charge is 2.37. The Hall–Kier alpha value is -3.64. The van der Waals surface area contributed by atoms with Crippen molar-refractivity contribution < 1.29 is 51.4 Å². The molecule has 0 bridgehead atoms. The molecule has 1 aromatic heterocycles. The lowest BCUT2D eigenvalue weighted by Crippen LogP contribution is -2.37. The number of alkyl carbamates (subject to hydrolysis) is 1. The summed E-state index contributed by atoms with van der Waals surface area (Å²) in [5.74, 6) is -2.38. The third-order valence-corrected chi connectivity index (χ3v) is 7.43. The fraction of sp³-hybridized carbons (Fsp3) is 0.533. The van der Waals surface area contributed by atoms with Gasteiger partial charge in [-0.15, -0.1) is 9.05 Å². The molecule has 2 aromatic rings. The van der Waals surface area contributed by atoms with Gasteiger partial charge in [0.1, 0.15) is 25.4 Å². The van der Waals surface area contributed by atoms with E-state index in [4.69, 9.17) is 27.7 Å². The third kappa shape index (κ3) is 12.9. The van der Waals surface area contributed by atoms with Crippen molar-refractivity contribution in [2.45, 2.75) is 83.1 Å². The molecule has 0 aliphatic carbocycles. The van der Waals surface area contributed by atoms with Crippen molar-refractivity contribution in [2.24, 2.45) is 0 Å². The third-order valence-electron chi connectivity index (χ3n) is 6.64. The number of nitrogens with one attached hydrogen (secondary N) is 2. The number of hydrogen-bond acceptors (Lipinski definition) is 12. The Bertz CT molecular complexity index is 1190. The fourth-order valence-electron chi connectivity index (χ4n) is 4.25. The van der Waals surface area contributed by atoms with Crippen LogP contribution < -0.4 is 10.6 Å². The van der Waals surface area contributed by atoms with Gasteiger partial charge in [-0.1, -0.05) is 43.7 Å². The van der Waals surface area contributed by atoms with Gasteiger partial charge in [0.2, 0.25) is 11.9 Å². The summed E-state index contributed by atoms with van der Waals surface area (Å²) in [4.78, 5) is 49.5. The minimum Gasteiger partial charge on any atom is -0.457 e. The average molecular weight is 636 g/mol. The molecule has 0 saturated carbocycles. The molecule has 13 nitrogen and oxygen atoms in total. The molecule has 2 N–H and O–H groups in total. The summed E-state index contributed by atoms with van der Waals surface area (Å²) in [5, 5.41) is 5.59. The van der Waals surface area contributed by atoms with E-state index in [0.717, 1.165) is 24.8 Å². The van der Waals surface area contributed by atoms with Gasteiger partial charge in [-0.3, -0.25) is 0 Å². The molecule has 1 saturated heterocycles. The highest BCUT2D eigenvalue weighted by Crippen LogP contribution is 2.30. The van der Waals surface area contributed by atoms with Gasteiger partial charge < -0.3 is 29.3 Å². The van der Waals surface area contributed by atoms with Crippen LogP contribution in [0, 0.1) is 0 Å². The Labute approximate surface area is 257 Å². The number of benzene rings is 1. The predicted molar refractivity (Wildman–Crippen MR) is 156 cm³/mol. The number of furan rings is 1. The van der Waals surface area contributed by atoms with Gasteiger partial charge in [0.05, 0.1) is 6.26 Å². The van der Waals surface area contributed by atoms with Crippen molar-refractivity contribution in [1.29, 1.82) is 0 Å². The van der Waals surface area contributed by atoms with Crippen LogP contribution >= 0.6 is 8.25 Å². The Balaban J connectivity index is 1.47. The van der Waals surface area contributed by atoms with Gasteiger partial charge in [0, 0.05) is 11.1 Å². The zero-order valence-electron chi connectivity index (χ0n) is 24.8. The number of amides is 1.